The molecule has 0 aliphatic carbocycles. The van der Waals surface area contributed by atoms with Crippen molar-refractivity contribution in [3.05, 3.63) is 60.4 Å². The Labute approximate surface area is 111 Å². The zero-order valence-corrected chi connectivity index (χ0v) is 10.6. The van der Waals surface area contributed by atoms with Crippen molar-refractivity contribution >= 4 is 10.9 Å². The highest BCUT2D eigenvalue weighted by molar-refractivity contribution is 5.95. The molecule has 0 radical (unpaired) electrons. The van der Waals surface area contributed by atoms with Gasteiger partial charge in [-0.1, -0.05) is 24.3 Å². The highest BCUT2D eigenvalue weighted by Crippen LogP contribution is 2.32. The number of aliphatic hydroxyl groups excluding tert-OH is 1. The molecule has 0 amide bonds. The van der Waals surface area contributed by atoms with E-state index in [1.165, 1.54) is 0 Å². The van der Waals surface area contributed by atoms with Crippen LogP contribution in [0.15, 0.2) is 54.9 Å². The Bertz CT molecular complexity index is 708. The number of hydrogen-bond acceptors (Lipinski definition) is 3. The number of benzene rings is 1. The minimum Gasteiger partial charge on any atom is -0.389 e. The van der Waals surface area contributed by atoms with Crippen LogP contribution in [0, 0.1) is 0 Å². The van der Waals surface area contributed by atoms with Crippen LogP contribution < -0.4 is 0 Å². The first-order chi connectivity index (χ1) is 9.27. The van der Waals surface area contributed by atoms with Crippen LogP contribution in [0.2, 0.25) is 0 Å². The summed E-state index contributed by atoms with van der Waals surface area (Å²) in [5.41, 5.74) is 3.53. The van der Waals surface area contributed by atoms with E-state index in [1.807, 2.05) is 42.5 Å². The molecule has 0 saturated carbocycles. The highest BCUT2D eigenvalue weighted by atomic mass is 16.3. The molecule has 1 atom stereocenters. The summed E-state index contributed by atoms with van der Waals surface area (Å²) in [7, 11) is 0. The molecule has 0 spiro atoms. The second-order valence-electron chi connectivity index (χ2n) is 4.50. The third-order valence-corrected chi connectivity index (χ3v) is 3.18. The SMILES string of the molecule is CC(O)c1cnc2ccccc2c1-c1ccccn1. The summed E-state index contributed by atoms with van der Waals surface area (Å²) >= 11 is 0. The Hall–Kier alpha value is -2.26. The number of hydrogen-bond donors (Lipinski definition) is 1. The predicted octanol–water partition coefficient (Wildman–Crippen LogP) is 3.35. The summed E-state index contributed by atoms with van der Waals surface area (Å²) < 4.78 is 0. The molecule has 1 aromatic carbocycles. The Morgan fingerprint density at radius 2 is 1.79 bits per heavy atom. The quantitative estimate of drug-likeness (QED) is 0.758. The van der Waals surface area contributed by atoms with Crippen LogP contribution in [0.4, 0.5) is 0 Å². The average molecular weight is 250 g/mol. The maximum Gasteiger partial charge on any atom is 0.0783 e. The Morgan fingerprint density at radius 1 is 1.00 bits per heavy atom. The largest absolute Gasteiger partial charge is 0.389 e. The summed E-state index contributed by atoms with van der Waals surface area (Å²) in [6, 6.07) is 13.7. The van der Waals surface area contributed by atoms with E-state index in [0.717, 1.165) is 27.7 Å². The molecule has 0 aliphatic rings. The standard InChI is InChI=1S/C16H14N2O/c1-11(19)13-10-18-14-7-3-2-6-12(14)16(13)15-8-4-5-9-17-15/h2-11,19H,1H3. The smallest absolute Gasteiger partial charge is 0.0783 e. The van der Waals surface area contributed by atoms with Crippen LogP contribution in [0.1, 0.15) is 18.6 Å². The molecule has 3 aromatic rings. The molecule has 1 N–H and O–H groups in total. The zero-order chi connectivity index (χ0) is 13.2. The Balaban J connectivity index is 2.39. The van der Waals surface area contributed by atoms with Gasteiger partial charge in [-0.05, 0) is 25.1 Å². The normalized spacial score (nSPS) is 12.5. The van der Waals surface area contributed by atoms with Crippen LogP contribution in [0.25, 0.3) is 22.2 Å². The molecule has 3 nitrogen and oxygen atoms in total. The molecule has 2 heterocycles. The van der Waals surface area contributed by atoms with Crippen molar-refractivity contribution in [1.29, 1.82) is 0 Å². The fourth-order valence-electron chi connectivity index (χ4n) is 2.27. The van der Waals surface area contributed by atoms with Crippen LogP contribution in [-0.2, 0) is 0 Å². The number of aromatic nitrogens is 2. The first-order valence-corrected chi connectivity index (χ1v) is 6.24. The molecule has 2 aromatic heterocycles. The third-order valence-electron chi connectivity index (χ3n) is 3.18. The minimum atomic E-state index is -0.575. The van der Waals surface area contributed by atoms with Gasteiger partial charge in [0.1, 0.15) is 0 Å². The summed E-state index contributed by atoms with van der Waals surface area (Å²) in [6.45, 7) is 1.75. The van der Waals surface area contributed by atoms with E-state index < -0.39 is 6.10 Å². The highest BCUT2D eigenvalue weighted by Gasteiger charge is 2.14. The van der Waals surface area contributed by atoms with Crippen LogP contribution in [0.3, 0.4) is 0 Å². The van der Waals surface area contributed by atoms with Gasteiger partial charge in [-0.15, -0.1) is 0 Å². The molecule has 0 aliphatic heterocycles. The summed E-state index contributed by atoms with van der Waals surface area (Å²) in [4.78, 5) is 8.80. The first-order valence-electron chi connectivity index (χ1n) is 6.24. The lowest BCUT2D eigenvalue weighted by Gasteiger charge is -2.14. The molecule has 3 rings (SSSR count). The van der Waals surface area contributed by atoms with Gasteiger partial charge in [0.2, 0.25) is 0 Å². The third kappa shape index (κ3) is 2.09. The summed E-state index contributed by atoms with van der Waals surface area (Å²) in [5, 5.41) is 11.0. The van der Waals surface area contributed by atoms with Crippen molar-refractivity contribution in [2.75, 3.05) is 0 Å². The van der Waals surface area contributed by atoms with Gasteiger partial charge in [0.05, 0.1) is 17.3 Å². The van der Waals surface area contributed by atoms with Gasteiger partial charge in [0.25, 0.3) is 0 Å². The monoisotopic (exact) mass is 250 g/mol. The maximum atomic E-state index is 9.96. The lowest BCUT2D eigenvalue weighted by Crippen LogP contribution is -1.99. The van der Waals surface area contributed by atoms with E-state index in [1.54, 1.807) is 19.3 Å². The molecule has 0 bridgehead atoms. The van der Waals surface area contributed by atoms with E-state index in [0.29, 0.717) is 0 Å². The fraction of sp³-hybridized carbons (Fsp3) is 0.125. The zero-order valence-electron chi connectivity index (χ0n) is 10.6. The van der Waals surface area contributed by atoms with Crippen LogP contribution in [-0.4, -0.2) is 15.1 Å². The van der Waals surface area contributed by atoms with E-state index >= 15 is 0 Å². The van der Waals surface area contributed by atoms with Crippen molar-refractivity contribution < 1.29 is 5.11 Å². The molecule has 19 heavy (non-hydrogen) atoms. The van der Waals surface area contributed by atoms with Gasteiger partial charge < -0.3 is 5.11 Å². The number of pyridine rings is 2. The molecule has 3 heteroatoms. The van der Waals surface area contributed by atoms with Crippen molar-refractivity contribution in [2.24, 2.45) is 0 Å². The van der Waals surface area contributed by atoms with Gasteiger partial charge in [0, 0.05) is 28.9 Å². The second kappa shape index (κ2) is 4.78. The molecule has 0 saturated heterocycles. The number of aliphatic hydroxyl groups is 1. The van der Waals surface area contributed by atoms with Crippen molar-refractivity contribution in [1.82, 2.24) is 9.97 Å². The van der Waals surface area contributed by atoms with Crippen LogP contribution in [0.5, 0.6) is 0 Å². The van der Waals surface area contributed by atoms with Gasteiger partial charge in [0.15, 0.2) is 0 Å². The first kappa shape index (κ1) is 11.8. The summed E-state index contributed by atoms with van der Waals surface area (Å²) in [6.07, 6.45) is 2.92. The fourth-order valence-corrected chi connectivity index (χ4v) is 2.27. The van der Waals surface area contributed by atoms with E-state index in [4.69, 9.17) is 0 Å². The Kier molecular flexibility index (Phi) is 2.97. The molecule has 1 unspecified atom stereocenters. The lowest BCUT2D eigenvalue weighted by atomic mass is 9.97. The summed E-state index contributed by atoms with van der Waals surface area (Å²) in [5.74, 6) is 0. The lowest BCUT2D eigenvalue weighted by molar-refractivity contribution is 0.199. The number of para-hydroxylation sites is 1. The predicted molar refractivity (Wildman–Crippen MR) is 75.6 cm³/mol. The van der Waals surface area contributed by atoms with E-state index in [-0.39, 0.29) is 0 Å². The van der Waals surface area contributed by atoms with Gasteiger partial charge in [-0.2, -0.15) is 0 Å². The topological polar surface area (TPSA) is 46.0 Å². The second-order valence-corrected chi connectivity index (χ2v) is 4.50. The molecular formula is C16H14N2O. The van der Waals surface area contributed by atoms with Gasteiger partial charge in [-0.3, -0.25) is 9.97 Å². The van der Waals surface area contributed by atoms with Crippen molar-refractivity contribution in [3.63, 3.8) is 0 Å². The Morgan fingerprint density at radius 3 is 2.53 bits per heavy atom. The van der Waals surface area contributed by atoms with Crippen molar-refractivity contribution in [3.8, 4) is 11.3 Å². The van der Waals surface area contributed by atoms with E-state index in [9.17, 15) is 5.11 Å². The maximum absolute atomic E-state index is 9.96. The van der Waals surface area contributed by atoms with Gasteiger partial charge in [-0.25, -0.2) is 0 Å². The number of rotatable bonds is 2. The van der Waals surface area contributed by atoms with Crippen LogP contribution >= 0.6 is 0 Å². The average Bonchev–Trinajstić information content (AvgIpc) is 2.46. The molecule has 0 fully saturated rings. The van der Waals surface area contributed by atoms with Gasteiger partial charge >= 0.3 is 0 Å². The minimum absolute atomic E-state index is 0.575. The van der Waals surface area contributed by atoms with Crippen molar-refractivity contribution in [2.45, 2.75) is 13.0 Å². The van der Waals surface area contributed by atoms with E-state index in [2.05, 4.69) is 9.97 Å². The molecular weight excluding hydrogens is 236 g/mol. The molecule has 94 valence electrons. The number of fused-ring (bicyclic) bond motifs is 1. The number of nitrogens with zero attached hydrogens (tertiary/aromatic N) is 2.